The number of hydrogen-bond donors (Lipinski definition) is 1. The van der Waals surface area contributed by atoms with E-state index < -0.39 is 5.60 Å². The molecule has 0 saturated carbocycles. The largest absolute Gasteiger partial charge is 0.444 e. The molecule has 0 spiro atoms. The molecule has 0 aromatic rings. The summed E-state index contributed by atoms with van der Waals surface area (Å²) in [7, 11) is 0. The molecule has 0 bridgehead atoms. The molecule has 2 rings (SSSR count). The van der Waals surface area contributed by atoms with Gasteiger partial charge in [-0.15, -0.1) is 0 Å². The van der Waals surface area contributed by atoms with Crippen LogP contribution in [0.25, 0.3) is 0 Å². The molecule has 0 aromatic heterocycles. The van der Waals surface area contributed by atoms with Crippen LogP contribution in [0.1, 0.15) is 47.5 Å². The Bertz CT molecular complexity index is 515. The molecule has 0 radical (unpaired) electrons. The first-order valence-corrected chi connectivity index (χ1v) is 10.6. The summed E-state index contributed by atoms with van der Waals surface area (Å²) in [5.74, 6) is 0.869. The molecule has 2 saturated heterocycles. The predicted molar refractivity (Wildman–Crippen MR) is 110 cm³/mol. The third-order valence-corrected chi connectivity index (χ3v) is 4.77. The van der Waals surface area contributed by atoms with Crippen molar-refractivity contribution in [3.05, 3.63) is 0 Å². The van der Waals surface area contributed by atoms with Crippen LogP contribution in [0.15, 0.2) is 4.99 Å². The van der Waals surface area contributed by atoms with Gasteiger partial charge < -0.3 is 29.3 Å². The van der Waals surface area contributed by atoms with Gasteiger partial charge in [0.1, 0.15) is 11.7 Å². The normalized spacial score (nSPS) is 23.6. The van der Waals surface area contributed by atoms with E-state index in [1.807, 2.05) is 27.7 Å². The minimum atomic E-state index is -0.492. The van der Waals surface area contributed by atoms with Gasteiger partial charge >= 0.3 is 6.09 Å². The van der Waals surface area contributed by atoms with Crippen LogP contribution in [0.4, 0.5) is 4.79 Å². The number of likely N-dealkylation sites (N-methyl/N-ethyl adjacent to an activating group) is 1. The summed E-state index contributed by atoms with van der Waals surface area (Å²) in [4.78, 5) is 21.0. The lowest BCUT2D eigenvalue weighted by molar-refractivity contribution is -0.0817. The van der Waals surface area contributed by atoms with E-state index in [2.05, 4.69) is 17.1 Å². The molecule has 1 amide bonds. The molecule has 2 aliphatic heterocycles. The highest BCUT2D eigenvalue weighted by atomic mass is 16.6. The second-order valence-electron chi connectivity index (χ2n) is 8.20. The van der Waals surface area contributed by atoms with Crippen LogP contribution in [0.5, 0.6) is 0 Å². The maximum absolute atomic E-state index is 12.3. The Balaban J connectivity index is 1.92. The first-order chi connectivity index (χ1) is 13.3. The number of carbonyl (C=O) groups excluding carboxylic acids is 1. The van der Waals surface area contributed by atoms with E-state index in [1.54, 1.807) is 4.90 Å². The summed E-state index contributed by atoms with van der Waals surface area (Å²) in [6.45, 7) is 15.2. The number of aliphatic imine (C=N–C) groups is 1. The summed E-state index contributed by atoms with van der Waals surface area (Å²) in [5, 5.41) is 3.37. The van der Waals surface area contributed by atoms with Crippen LogP contribution < -0.4 is 5.32 Å². The van der Waals surface area contributed by atoms with E-state index in [-0.39, 0.29) is 18.3 Å². The lowest BCUT2D eigenvalue weighted by Crippen LogP contribution is -2.53. The van der Waals surface area contributed by atoms with Crippen molar-refractivity contribution in [2.75, 3.05) is 52.5 Å². The van der Waals surface area contributed by atoms with Gasteiger partial charge in [0, 0.05) is 39.3 Å². The Morgan fingerprint density at radius 2 is 2.00 bits per heavy atom. The molecule has 162 valence electrons. The van der Waals surface area contributed by atoms with Crippen molar-refractivity contribution in [2.24, 2.45) is 4.99 Å². The van der Waals surface area contributed by atoms with E-state index in [0.29, 0.717) is 26.2 Å². The highest BCUT2D eigenvalue weighted by Crippen LogP contribution is 2.21. The fourth-order valence-corrected chi connectivity index (χ4v) is 3.40. The van der Waals surface area contributed by atoms with Crippen LogP contribution in [0, 0.1) is 0 Å². The molecule has 2 atom stereocenters. The third-order valence-electron chi connectivity index (χ3n) is 4.77. The van der Waals surface area contributed by atoms with Gasteiger partial charge in [-0.2, -0.15) is 0 Å². The lowest BCUT2D eigenvalue weighted by Gasteiger charge is -2.37. The Hall–Kier alpha value is -1.54. The molecule has 1 N–H and O–H groups in total. The molecule has 2 fully saturated rings. The molecule has 8 nitrogen and oxygen atoms in total. The summed E-state index contributed by atoms with van der Waals surface area (Å²) >= 11 is 0. The quantitative estimate of drug-likeness (QED) is 0.545. The average Bonchev–Trinajstić information content (AvgIpc) is 3.17. The first-order valence-electron chi connectivity index (χ1n) is 10.6. The van der Waals surface area contributed by atoms with Gasteiger partial charge in [0.05, 0.1) is 19.3 Å². The molecule has 2 heterocycles. The third kappa shape index (κ3) is 7.13. The van der Waals surface area contributed by atoms with Crippen LogP contribution in [-0.2, 0) is 14.2 Å². The molecule has 2 aliphatic rings. The number of hydrogen-bond acceptors (Lipinski definition) is 5. The molecule has 2 unspecified atom stereocenters. The maximum atomic E-state index is 12.3. The number of ether oxygens (including phenoxy) is 3. The number of morpholine rings is 1. The zero-order valence-corrected chi connectivity index (χ0v) is 18.2. The minimum absolute atomic E-state index is 0.0917. The van der Waals surface area contributed by atoms with Crippen molar-refractivity contribution in [1.29, 1.82) is 0 Å². The van der Waals surface area contributed by atoms with E-state index in [0.717, 1.165) is 45.0 Å². The standard InChI is InChI=1S/C20H38N4O4/c1-6-21-18(22-10-11-23(7-2)19(25)28-20(3,4)5)24-12-14-27-17(15-24)16-9-8-13-26-16/h16-17H,6-15H2,1-5H3,(H,21,22). The van der Waals surface area contributed by atoms with Crippen LogP contribution >= 0.6 is 0 Å². The Labute approximate surface area is 169 Å². The van der Waals surface area contributed by atoms with Crippen molar-refractivity contribution in [2.45, 2.75) is 65.3 Å². The van der Waals surface area contributed by atoms with Gasteiger partial charge in [0.2, 0.25) is 0 Å². The first kappa shape index (κ1) is 22.7. The Morgan fingerprint density at radius 1 is 1.25 bits per heavy atom. The molecule has 0 aromatic carbocycles. The predicted octanol–water partition coefficient (Wildman–Crippen LogP) is 2.09. The summed E-state index contributed by atoms with van der Waals surface area (Å²) in [6, 6.07) is 0. The number of carbonyl (C=O) groups is 1. The molecular weight excluding hydrogens is 360 g/mol. The Kier molecular flexibility index (Phi) is 8.82. The topological polar surface area (TPSA) is 75.6 Å². The number of guanidine groups is 1. The Morgan fingerprint density at radius 3 is 2.61 bits per heavy atom. The van der Waals surface area contributed by atoms with Gasteiger partial charge in [-0.05, 0) is 47.5 Å². The second kappa shape index (κ2) is 10.9. The van der Waals surface area contributed by atoms with Crippen molar-refractivity contribution in [3.63, 3.8) is 0 Å². The van der Waals surface area contributed by atoms with Crippen LogP contribution in [-0.4, -0.2) is 92.1 Å². The molecular formula is C20H38N4O4. The van der Waals surface area contributed by atoms with Gasteiger partial charge in [0.25, 0.3) is 0 Å². The van der Waals surface area contributed by atoms with E-state index in [4.69, 9.17) is 19.2 Å². The van der Waals surface area contributed by atoms with Crippen LogP contribution in [0.3, 0.4) is 0 Å². The number of nitrogens with zero attached hydrogens (tertiary/aromatic N) is 3. The van der Waals surface area contributed by atoms with Crippen molar-refractivity contribution < 1.29 is 19.0 Å². The van der Waals surface area contributed by atoms with Crippen molar-refractivity contribution in [1.82, 2.24) is 15.1 Å². The number of rotatable bonds is 6. The maximum Gasteiger partial charge on any atom is 0.410 e. The van der Waals surface area contributed by atoms with Crippen molar-refractivity contribution >= 4 is 12.1 Å². The van der Waals surface area contributed by atoms with E-state index >= 15 is 0 Å². The lowest BCUT2D eigenvalue weighted by atomic mass is 10.1. The van der Waals surface area contributed by atoms with E-state index in [1.165, 1.54) is 0 Å². The number of nitrogens with one attached hydrogen (secondary N) is 1. The highest BCUT2D eigenvalue weighted by molar-refractivity contribution is 5.80. The highest BCUT2D eigenvalue weighted by Gasteiger charge is 2.32. The fraction of sp³-hybridized carbons (Fsp3) is 0.900. The molecule has 8 heteroatoms. The summed E-state index contributed by atoms with van der Waals surface area (Å²) in [6.07, 6.45) is 2.16. The molecule has 28 heavy (non-hydrogen) atoms. The van der Waals surface area contributed by atoms with Gasteiger partial charge in [-0.1, -0.05) is 0 Å². The SMILES string of the molecule is CCNC(=NCCN(CC)C(=O)OC(C)(C)C)N1CCOC(C2CCCO2)C1. The van der Waals surface area contributed by atoms with Gasteiger partial charge in [-0.3, -0.25) is 4.99 Å². The van der Waals surface area contributed by atoms with Gasteiger partial charge in [-0.25, -0.2) is 4.79 Å². The average molecular weight is 399 g/mol. The minimum Gasteiger partial charge on any atom is -0.444 e. The zero-order valence-electron chi connectivity index (χ0n) is 18.2. The van der Waals surface area contributed by atoms with Crippen molar-refractivity contribution in [3.8, 4) is 0 Å². The zero-order chi connectivity index (χ0) is 20.6. The summed E-state index contributed by atoms with van der Waals surface area (Å²) in [5.41, 5.74) is -0.492. The fourth-order valence-electron chi connectivity index (χ4n) is 3.40. The smallest absolute Gasteiger partial charge is 0.410 e. The summed E-state index contributed by atoms with van der Waals surface area (Å²) < 4.78 is 17.2. The van der Waals surface area contributed by atoms with Gasteiger partial charge in [0.15, 0.2) is 5.96 Å². The molecule has 0 aliphatic carbocycles. The monoisotopic (exact) mass is 398 g/mol. The number of amides is 1. The van der Waals surface area contributed by atoms with E-state index in [9.17, 15) is 4.79 Å². The second-order valence-corrected chi connectivity index (χ2v) is 8.20. The van der Waals surface area contributed by atoms with Crippen LogP contribution in [0.2, 0.25) is 0 Å².